The largest absolute Gasteiger partial charge is 0.466 e. The van der Waals surface area contributed by atoms with Crippen LogP contribution in [-0.2, 0) is 21.0 Å². The summed E-state index contributed by atoms with van der Waals surface area (Å²) in [7, 11) is 0. The molecule has 19 heavy (non-hydrogen) atoms. The highest BCUT2D eigenvalue weighted by Crippen LogP contribution is 2.54. The molecule has 1 aliphatic carbocycles. The molecule has 4 nitrogen and oxygen atoms in total. The number of benzene rings is 1. The summed E-state index contributed by atoms with van der Waals surface area (Å²) in [4.78, 5) is 21.9. The van der Waals surface area contributed by atoms with Crippen molar-refractivity contribution in [2.75, 3.05) is 6.61 Å². The van der Waals surface area contributed by atoms with E-state index in [4.69, 9.17) is 14.5 Å². The highest BCUT2D eigenvalue weighted by atomic mass is 17.2. The van der Waals surface area contributed by atoms with Gasteiger partial charge in [-0.05, 0) is 36.8 Å². The minimum absolute atomic E-state index is 0.0379. The molecule has 3 rings (SSSR count). The van der Waals surface area contributed by atoms with E-state index in [1.165, 1.54) is 5.56 Å². The zero-order valence-electron chi connectivity index (χ0n) is 11.2. The van der Waals surface area contributed by atoms with Crippen LogP contribution in [0.5, 0.6) is 5.75 Å². The van der Waals surface area contributed by atoms with Gasteiger partial charge in [-0.25, -0.2) is 0 Å². The molecule has 0 radical (unpaired) electrons. The van der Waals surface area contributed by atoms with Crippen molar-refractivity contribution in [3.05, 3.63) is 29.3 Å². The van der Waals surface area contributed by atoms with E-state index >= 15 is 0 Å². The zero-order chi connectivity index (χ0) is 13.4. The summed E-state index contributed by atoms with van der Waals surface area (Å²) in [6.07, 6.45) is 1.04. The molecule has 3 unspecified atom stereocenters. The molecular weight excluding hydrogens is 244 g/mol. The van der Waals surface area contributed by atoms with E-state index < -0.39 is 0 Å². The van der Waals surface area contributed by atoms with E-state index in [2.05, 4.69) is 6.07 Å². The lowest BCUT2D eigenvalue weighted by atomic mass is 9.97. The lowest BCUT2D eigenvalue weighted by molar-refractivity contribution is -0.194. The highest BCUT2D eigenvalue weighted by Gasteiger charge is 2.46. The van der Waals surface area contributed by atoms with Crippen LogP contribution in [0.3, 0.4) is 0 Å². The Morgan fingerprint density at radius 3 is 3.16 bits per heavy atom. The van der Waals surface area contributed by atoms with Gasteiger partial charge >= 0.3 is 5.97 Å². The molecular formula is C15H18O4. The first-order chi connectivity index (χ1) is 9.22. The first-order valence-corrected chi connectivity index (χ1v) is 6.80. The van der Waals surface area contributed by atoms with Crippen LogP contribution in [-0.4, -0.2) is 12.6 Å². The lowest BCUT2D eigenvalue weighted by Crippen LogP contribution is -2.17. The number of carbonyl (C=O) groups excluding carboxylic acids is 1. The number of hydrogen-bond acceptors (Lipinski definition) is 4. The van der Waals surface area contributed by atoms with Gasteiger partial charge < -0.3 is 9.62 Å². The Labute approximate surface area is 112 Å². The maximum atomic E-state index is 11.8. The molecule has 1 fully saturated rings. The fraction of sp³-hybridized carbons (Fsp3) is 0.533. The van der Waals surface area contributed by atoms with Crippen LogP contribution in [0.1, 0.15) is 37.3 Å². The molecule has 1 saturated carbocycles. The second-order valence-electron chi connectivity index (χ2n) is 5.22. The number of fused-ring (bicyclic) bond motifs is 1. The fourth-order valence-electron chi connectivity index (χ4n) is 2.89. The Morgan fingerprint density at radius 2 is 2.37 bits per heavy atom. The minimum Gasteiger partial charge on any atom is -0.466 e. The van der Waals surface area contributed by atoms with E-state index in [9.17, 15) is 4.79 Å². The summed E-state index contributed by atoms with van der Waals surface area (Å²) in [5.74, 6) is 1.50. The predicted octanol–water partition coefficient (Wildman–Crippen LogP) is 2.81. The third-order valence-electron chi connectivity index (χ3n) is 4.06. The Morgan fingerprint density at radius 1 is 1.53 bits per heavy atom. The fourth-order valence-corrected chi connectivity index (χ4v) is 2.89. The monoisotopic (exact) mass is 262 g/mol. The van der Waals surface area contributed by atoms with Crippen LogP contribution < -0.4 is 4.89 Å². The predicted molar refractivity (Wildman–Crippen MR) is 68.5 cm³/mol. The number of rotatable bonds is 4. The van der Waals surface area contributed by atoms with E-state index in [1.54, 1.807) is 0 Å². The number of esters is 1. The number of hydrogen-bond donors (Lipinski definition) is 0. The molecule has 0 bridgehead atoms. The van der Waals surface area contributed by atoms with Crippen molar-refractivity contribution >= 4 is 5.97 Å². The van der Waals surface area contributed by atoms with Crippen LogP contribution in [0.2, 0.25) is 0 Å². The van der Waals surface area contributed by atoms with Crippen molar-refractivity contribution in [2.24, 2.45) is 11.8 Å². The molecule has 1 aromatic rings. The standard InChI is InChI=1S/C15H18O4/c1-3-17-15(16)9(2)11-7-12(11)10-5-4-6-14-13(10)8-18-19-14/h4-6,9,11-12H,3,7-8H2,1-2H3. The smallest absolute Gasteiger partial charge is 0.308 e. The van der Waals surface area contributed by atoms with Crippen molar-refractivity contribution in [2.45, 2.75) is 32.8 Å². The molecule has 0 N–H and O–H groups in total. The highest BCUT2D eigenvalue weighted by molar-refractivity contribution is 5.73. The van der Waals surface area contributed by atoms with E-state index in [1.807, 2.05) is 26.0 Å². The molecule has 1 aliphatic heterocycles. The molecule has 4 heteroatoms. The summed E-state index contributed by atoms with van der Waals surface area (Å²) in [5.41, 5.74) is 2.39. The van der Waals surface area contributed by atoms with Crippen molar-refractivity contribution in [3.63, 3.8) is 0 Å². The van der Waals surface area contributed by atoms with Gasteiger partial charge in [-0.1, -0.05) is 19.1 Å². The Balaban J connectivity index is 1.73. The van der Waals surface area contributed by atoms with Gasteiger partial charge in [0.2, 0.25) is 0 Å². The summed E-state index contributed by atoms with van der Waals surface area (Å²) < 4.78 is 5.09. The van der Waals surface area contributed by atoms with E-state index in [-0.39, 0.29) is 11.9 Å². The third-order valence-corrected chi connectivity index (χ3v) is 4.06. The molecule has 3 atom stereocenters. The van der Waals surface area contributed by atoms with E-state index in [0.717, 1.165) is 17.7 Å². The van der Waals surface area contributed by atoms with E-state index in [0.29, 0.717) is 25.0 Å². The SMILES string of the molecule is CCOC(=O)C(C)C1CC1c1cccc2c1COO2. The van der Waals surface area contributed by atoms with Gasteiger partial charge in [-0.15, -0.1) is 0 Å². The van der Waals surface area contributed by atoms with Gasteiger partial charge in [-0.3, -0.25) is 4.79 Å². The minimum atomic E-state index is -0.0879. The quantitative estimate of drug-likeness (QED) is 0.618. The Bertz CT molecular complexity index is 497. The Kier molecular flexibility index (Phi) is 3.19. The zero-order valence-corrected chi connectivity index (χ0v) is 11.2. The van der Waals surface area contributed by atoms with Crippen LogP contribution in [0.25, 0.3) is 0 Å². The Hall–Kier alpha value is -1.55. The van der Waals surface area contributed by atoms with Gasteiger partial charge in [0.1, 0.15) is 6.61 Å². The maximum absolute atomic E-state index is 11.8. The summed E-state index contributed by atoms with van der Waals surface area (Å²) >= 11 is 0. The normalized spacial score (nSPS) is 25.4. The summed E-state index contributed by atoms with van der Waals surface area (Å²) in [6.45, 7) is 4.75. The molecule has 0 saturated heterocycles. The van der Waals surface area contributed by atoms with Gasteiger partial charge in [0, 0.05) is 5.56 Å². The maximum Gasteiger partial charge on any atom is 0.308 e. The second-order valence-corrected chi connectivity index (χ2v) is 5.22. The molecule has 1 heterocycles. The number of ether oxygens (including phenoxy) is 1. The second kappa shape index (κ2) is 4.85. The molecule has 0 amide bonds. The van der Waals surface area contributed by atoms with Gasteiger partial charge in [-0.2, -0.15) is 4.89 Å². The van der Waals surface area contributed by atoms with Gasteiger partial charge in [0.05, 0.1) is 12.5 Å². The first-order valence-electron chi connectivity index (χ1n) is 6.80. The average Bonchev–Trinajstić information content (AvgIpc) is 3.06. The van der Waals surface area contributed by atoms with Crippen molar-refractivity contribution in [3.8, 4) is 5.75 Å². The average molecular weight is 262 g/mol. The van der Waals surface area contributed by atoms with Crippen LogP contribution >= 0.6 is 0 Å². The number of carbonyl (C=O) groups is 1. The van der Waals surface area contributed by atoms with Crippen LogP contribution in [0, 0.1) is 11.8 Å². The molecule has 102 valence electrons. The van der Waals surface area contributed by atoms with Crippen molar-refractivity contribution in [1.29, 1.82) is 0 Å². The molecule has 0 aromatic heterocycles. The lowest BCUT2D eigenvalue weighted by Gasteiger charge is -2.10. The molecule has 0 spiro atoms. The van der Waals surface area contributed by atoms with Crippen LogP contribution in [0.15, 0.2) is 18.2 Å². The van der Waals surface area contributed by atoms with Crippen molar-refractivity contribution < 1.29 is 19.3 Å². The molecule has 1 aromatic carbocycles. The molecule has 2 aliphatic rings. The van der Waals surface area contributed by atoms with Gasteiger partial charge in [0.25, 0.3) is 0 Å². The van der Waals surface area contributed by atoms with Crippen LogP contribution in [0.4, 0.5) is 0 Å². The van der Waals surface area contributed by atoms with Gasteiger partial charge in [0.15, 0.2) is 5.75 Å². The first kappa shape index (κ1) is 12.5. The summed E-state index contributed by atoms with van der Waals surface area (Å²) in [6, 6.07) is 6.00. The third kappa shape index (κ3) is 2.21. The topological polar surface area (TPSA) is 44.8 Å². The van der Waals surface area contributed by atoms with Crippen molar-refractivity contribution in [1.82, 2.24) is 0 Å². The summed E-state index contributed by atoms with van der Waals surface area (Å²) in [5, 5.41) is 0.